The average Bonchev–Trinajstić information content (AvgIpc) is 2.32. The summed E-state index contributed by atoms with van der Waals surface area (Å²) in [4.78, 5) is 21.0. The number of aliphatic hydroxyl groups excluding tert-OH is 2. The molecule has 1 aliphatic heterocycles. The summed E-state index contributed by atoms with van der Waals surface area (Å²) >= 11 is 1.40. The molecule has 0 aromatic rings. The zero-order valence-electron chi connectivity index (χ0n) is 8.11. The summed E-state index contributed by atoms with van der Waals surface area (Å²) in [5.74, 6) is 0.441. The van der Waals surface area contributed by atoms with Gasteiger partial charge in [0.05, 0.1) is 12.2 Å². The van der Waals surface area contributed by atoms with Crippen LogP contribution in [-0.4, -0.2) is 52.8 Å². The Kier molecular flexibility index (Phi) is 4.61. The quantitative estimate of drug-likeness (QED) is 0.546. The minimum Gasteiger partial charge on any atom is -0.811 e. The van der Waals surface area contributed by atoms with E-state index in [9.17, 15) is 24.6 Å². The molecule has 0 bridgehead atoms. The maximum Gasteiger partial charge on any atom is 0.109 e. The SMILES string of the molecule is CSCC1OC(CP(=O)([O-])[O-])C(O)C1O. The van der Waals surface area contributed by atoms with Crippen LogP contribution in [0.15, 0.2) is 0 Å². The topological polar surface area (TPSA) is 113 Å². The van der Waals surface area contributed by atoms with Crippen molar-refractivity contribution >= 4 is 19.4 Å². The summed E-state index contributed by atoms with van der Waals surface area (Å²) in [6, 6.07) is 0. The highest BCUT2D eigenvalue weighted by Crippen LogP contribution is 2.32. The molecule has 0 aromatic heterocycles. The molecule has 4 atom stereocenters. The second-order valence-electron chi connectivity index (χ2n) is 3.44. The molecule has 1 fully saturated rings. The molecule has 1 rings (SSSR count). The fraction of sp³-hybridized carbons (Fsp3) is 1.00. The van der Waals surface area contributed by atoms with Crippen LogP contribution in [-0.2, 0) is 9.30 Å². The molecule has 1 saturated heterocycles. The fourth-order valence-electron chi connectivity index (χ4n) is 1.50. The monoisotopic (exact) mass is 256 g/mol. The van der Waals surface area contributed by atoms with Gasteiger partial charge in [0.2, 0.25) is 0 Å². The van der Waals surface area contributed by atoms with Crippen LogP contribution in [0.5, 0.6) is 0 Å². The Morgan fingerprint density at radius 2 is 1.87 bits per heavy atom. The van der Waals surface area contributed by atoms with Crippen LogP contribution in [0.4, 0.5) is 0 Å². The van der Waals surface area contributed by atoms with Crippen molar-refractivity contribution in [1.82, 2.24) is 0 Å². The van der Waals surface area contributed by atoms with Gasteiger partial charge in [-0.15, -0.1) is 0 Å². The van der Waals surface area contributed by atoms with E-state index in [2.05, 4.69) is 0 Å². The zero-order chi connectivity index (χ0) is 11.6. The van der Waals surface area contributed by atoms with Gasteiger partial charge in [0.15, 0.2) is 0 Å². The molecule has 0 radical (unpaired) electrons. The van der Waals surface area contributed by atoms with Crippen LogP contribution in [0.25, 0.3) is 0 Å². The Balaban J connectivity index is 2.59. The van der Waals surface area contributed by atoms with Gasteiger partial charge in [-0.25, -0.2) is 0 Å². The van der Waals surface area contributed by atoms with E-state index in [1.807, 2.05) is 0 Å². The predicted octanol–water partition coefficient (Wildman–Crippen LogP) is -2.25. The first-order chi connectivity index (χ1) is 6.85. The lowest BCUT2D eigenvalue weighted by molar-refractivity contribution is -0.314. The van der Waals surface area contributed by atoms with Gasteiger partial charge in [-0.05, 0) is 6.26 Å². The third-order valence-electron chi connectivity index (χ3n) is 2.20. The standard InChI is InChI=1S/C7H15O6PS/c1-15-3-5-7(9)6(8)4(13-5)2-14(10,11)12/h4-9H,2-3H2,1H3,(H2,10,11,12)/p-2. The number of ether oxygens (including phenoxy) is 1. The van der Waals surface area contributed by atoms with E-state index in [1.165, 1.54) is 11.8 Å². The van der Waals surface area contributed by atoms with Gasteiger partial charge in [0.1, 0.15) is 12.2 Å². The maximum atomic E-state index is 10.5. The van der Waals surface area contributed by atoms with Gasteiger partial charge in [-0.2, -0.15) is 11.8 Å². The summed E-state index contributed by atoms with van der Waals surface area (Å²) in [6.45, 7) is 0. The average molecular weight is 256 g/mol. The Morgan fingerprint density at radius 3 is 2.33 bits per heavy atom. The van der Waals surface area contributed by atoms with Crippen molar-refractivity contribution in [3.63, 3.8) is 0 Å². The first kappa shape index (κ1) is 13.4. The molecule has 0 saturated carbocycles. The number of rotatable bonds is 4. The van der Waals surface area contributed by atoms with Gasteiger partial charge in [-0.1, -0.05) is 7.60 Å². The Hall–Kier alpha value is 0.380. The van der Waals surface area contributed by atoms with E-state index in [0.29, 0.717) is 5.75 Å². The zero-order valence-corrected chi connectivity index (χ0v) is 9.82. The summed E-state index contributed by atoms with van der Waals surface area (Å²) in [7, 11) is -4.73. The first-order valence-electron chi connectivity index (χ1n) is 4.37. The fourth-order valence-corrected chi connectivity index (χ4v) is 2.85. The van der Waals surface area contributed by atoms with Crippen LogP contribution < -0.4 is 9.79 Å². The summed E-state index contributed by atoms with van der Waals surface area (Å²) in [6.07, 6.45) is -3.16. The van der Waals surface area contributed by atoms with Crippen molar-refractivity contribution in [3.8, 4) is 0 Å². The van der Waals surface area contributed by atoms with Crippen LogP contribution in [0.2, 0.25) is 0 Å². The van der Waals surface area contributed by atoms with Crippen molar-refractivity contribution < 1.29 is 29.3 Å². The van der Waals surface area contributed by atoms with Crippen molar-refractivity contribution in [3.05, 3.63) is 0 Å². The largest absolute Gasteiger partial charge is 0.811 e. The molecule has 1 aliphatic rings. The van der Waals surface area contributed by atoms with Crippen LogP contribution in [0.1, 0.15) is 0 Å². The molecule has 15 heavy (non-hydrogen) atoms. The normalized spacial score (nSPS) is 37.1. The van der Waals surface area contributed by atoms with Gasteiger partial charge < -0.3 is 29.3 Å². The Labute approximate surface area is 91.8 Å². The van der Waals surface area contributed by atoms with E-state index in [4.69, 9.17) is 4.74 Å². The van der Waals surface area contributed by atoms with E-state index < -0.39 is 38.2 Å². The third-order valence-corrected chi connectivity index (χ3v) is 3.66. The molecular weight excluding hydrogens is 243 g/mol. The molecule has 0 aliphatic carbocycles. The molecule has 8 heteroatoms. The van der Waals surface area contributed by atoms with Crippen LogP contribution in [0.3, 0.4) is 0 Å². The molecule has 0 amide bonds. The highest BCUT2D eigenvalue weighted by atomic mass is 32.2. The Bertz CT molecular complexity index is 256. The van der Waals surface area contributed by atoms with Crippen molar-refractivity contribution in [2.45, 2.75) is 24.4 Å². The second kappa shape index (κ2) is 5.14. The number of hydrogen-bond acceptors (Lipinski definition) is 7. The smallest absolute Gasteiger partial charge is 0.109 e. The summed E-state index contributed by atoms with van der Waals surface area (Å²) < 4.78 is 15.6. The minimum absolute atomic E-state index is 0.441. The van der Waals surface area contributed by atoms with E-state index in [0.717, 1.165) is 0 Å². The molecular formula is C7H13O6PS-2. The van der Waals surface area contributed by atoms with Crippen molar-refractivity contribution in [1.29, 1.82) is 0 Å². The predicted molar refractivity (Wildman–Crippen MR) is 51.5 cm³/mol. The van der Waals surface area contributed by atoms with Gasteiger partial charge in [0.25, 0.3) is 0 Å². The first-order valence-corrected chi connectivity index (χ1v) is 7.49. The second-order valence-corrected chi connectivity index (χ2v) is 5.94. The molecule has 0 spiro atoms. The molecule has 1 heterocycles. The summed E-state index contributed by atoms with van der Waals surface area (Å²) in [5.41, 5.74) is 0. The third kappa shape index (κ3) is 3.71. The van der Waals surface area contributed by atoms with Crippen LogP contribution in [0, 0.1) is 0 Å². The lowest BCUT2D eigenvalue weighted by Gasteiger charge is -2.32. The number of hydrogen-bond donors (Lipinski definition) is 2. The van der Waals surface area contributed by atoms with Gasteiger partial charge in [0, 0.05) is 11.9 Å². The van der Waals surface area contributed by atoms with E-state index in [1.54, 1.807) is 6.26 Å². The van der Waals surface area contributed by atoms with Gasteiger partial charge >= 0.3 is 0 Å². The Morgan fingerprint density at radius 1 is 1.33 bits per heavy atom. The molecule has 6 nitrogen and oxygen atoms in total. The highest BCUT2D eigenvalue weighted by Gasteiger charge is 2.42. The van der Waals surface area contributed by atoms with E-state index >= 15 is 0 Å². The van der Waals surface area contributed by atoms with Crippen molar-refractivity contribution in [2.24, 2.45) is 0 Å². The molecule has 90 valence electrons. The van der Waals surface area contributed by atoms with Crippen LogP contribution >= 0.6 is 19.4 Å². The summed E-state index contributed by atoms with van der Waals surface area (Å²) in [5, 5.41) is 18.9. The van der Waals surface area contributed by atoms with E-state index in [-0.39, 0.29) is 0 Å². The number of aliphatic hydroxyl groups is 2. The lowest BCUT2D eigenvalue weighted by Crippen LogP contribution is -2.36. The lowest BCUT2D eigenvalue weighted by atomic mass is 10.1. The highest BCUT2D eigenvalue weighted by molar-refractivity contribution is 7.98. The molecule has 0 aromatic carbocycles. The number of thioether (sulfide) groups is 1. The molecule has 2 N–H and O–H groups in total. The minimum atomic E-state index is -4.73. The van der Waals surface area contributed by atoms with Gasteiger partial charge in [-0.3, -0.25) is 0 Å². The van der Waals surface area contributed by atoms with Crippen molar-refractivity contribution in [2.75, 3.05) is 18.2 Å². The molecule has 4 unspecified atom stereocenters. The maximum absolute atomic E-state index is 10.5.